The van der Waals surface area contributed by atoms with Crippen LogP contribution in [0.3, 0.4) is 0 Å². The van der Waals surface area contributed by atoms with Gasteiger partial charge in [0.25, 0.3) is 5.91 Å². The number of ketones is 1. The van der Waals surface area contributed by atoms with E-state index in [-0.39, 0.29) is 17.7 Å². The van der Waals surface area contributed by atoms with E-state index in [1.54, 1.807) is 31.2 Å². The monoisotopic (exact) mass is 277 g/mol. The molecular formula is C16H23NO3. The quantitative estimate of drug-likeness (QED) is 0.780. The number of ether oxygens (including phenoxy) is 1. The van der Waals surface area contributed by atoms with Crippen molar-refractivity contribution in [2.75, 3.05) is 0 Å². The molecule has 0 saturated heterocycles. The third-order valence-corrected chi connectivity index (χ3v) is 3.27. The van der Waals surface area contributed by atoms with Crippen LogP contribution < -0.4 is 10.1 Å². The molecule has 0 aliphatic carbocycles. The van der Waals surface area contributed by atoms with E-state index in [2.05, 4.69) is 5.32 Å². The van der Waals surface area contributed by atoms with Crippen LogP contribution in [-0.4, -0.2) is 23.8 Å². The minimum atomic E-state index is -0.629. The van der Waals surface area contributed by atoms with Gasteiger partial charge in [0, 0.05) is 6.04 Å². The van der Waals surface area contributed by atoms with Crippen LogP contribution in [0.15, 0.2) is 24.3 Å². The molecule has 4 nitrogen and oxygen atoms in total. The normalized spacial score (nSPS) is 12.1. The molecule has 1 aromatic carbocycles. The van der Waals surface area contributed by atoms with Crippen molar-refractivity contribution in [2.45, 2.75) is 52.7 Å². The Morgan fingerprint density at radius 1 is 1.20 bits per heavy atom. The molecule has 0 heterocycles. The first-order valence-corrected chi connectivity index (χ1v) is 7.06. The Kier molecular flexibility index (Phi) is 6.22. The number of Topliss-reactive ketones (excluding diaryl/α,β-unsaturated/α-hetero) is 1. The maximum absolute atomic E-state index is 12.0. The van der Waals surface area contributed by atoms with Crippen molar-refractivity contribution >= 4 is 11.7 Å². The fourth-order valence-corrected chi connectivity index (χ4v) is 1.92. The first-order valence-electron chi connectivity index (χ1n) is 7.06. The highest BCUT2D eigenvalue weighted by molar-refractivity contribution is 5.96. The standard InChI is InChI=1S/C16H23NO3/c1-5-13(6-2)17-16(19)12(4)20-15-10-8-7-9-14(15)11(3)18/h7-10,12-13H,5-6H2,1-4H3,(H,17,19). The molecule has 20 heavy (non-hydrogen) atoms. The number of rotatable bonds is 7. The van der Waals surface area contributed by atoms with Crippen molar-refractivity contribution < 1.29 is 14.3 Å². The van der Waals surface area contributed by atoms with Crippen molar-refractivity contribution in [3.63, 3.8) is 0 Å². The summed E-state index contributed by atoms with van der Waals surface area (Å²) in [5.41, 5.74) is 0.495. The van der Waals surface area contributed by atoms with Gasteiger partial charge in [-0.15, -0.1) is 0 Å². The maximum Gasteiger partial charge on any atom is 0.260 e. The number of para-hydroxylation sites is 1. The molecule has 0 bridgehead atoms. The first kappa shape index (κ1) is 16.2. The third kappa shape index (κ3) is 4.37. The molecule has 1 amide bonds. The second-order valence-corrected chi connectivity index (χ2v) is 4.83. The largest absolute Gasteiger partial charge is 0.480 e. The lowest BCUT2D eigenvalue weighted by molar-refractivity contribution is -0.128. The summed E-state index contributed by atoms with van der Waals surface area (Å²) in [7, 11) is 0. The van der Waals surface area contributed by atoms with Crippen LogP contribution in [0.25, 0.3) is 0 Å². The predicted molar refractivity (Wildman–Crippen MR) is 79.0 cm³/mol. The third-order valence-electron chi connectivity index (χ3n) is 3.27. The number of nitrogens with one attached hydrogen (secondary N) is 1. The van der Waals surface area contributed by atoms with Crippen LogP contribution in [0, 0.1) is 0 Å². The fraction of sp³-hybridized carbons (Fsp3) is 0.500. The molecule has 1 unspecified atom stereocenters. The van der Waals surface area contributed by atoms with E-state index < -0.39 is 6.10 Å². The van der Waals surface area contributed by atoms with Crippen molar-refractivity contribution in [3.05, 3.63) is 29.8 Å². The number of carbonyl (C=O) groups excluding carboxylic acids is 2. The molecule has 0 fully saturated rings. The molecular weight excluding hydrogens is 254 g/mol. The Balaban J connectivity index is 2.73. The van der Waals surface area contributed by atoms with Gasteiger partial charge in [0.15, 0.2) is 11.9 Å². The molecule has 1 atom stereocenters. The highest BCUT2D eigenvalue weighted by Crippen LogP contribution is 2.19. The van der Waals surface area contributed by atoms with Crippen LogP contribution in [0.4, 0.5) is 0 Å². The molecule has 4 heteroatoms. The lowest BCUT2D eigenvalue weighted by Gasteiger charge is -2.20. The average Bonchev–Trinajstić information content (AvgIpc) is 2.44. The van der Waals surface area contributed by atoms with Crippen LogP contribution in [0.2, 0.25) is 0 Å². The van der Waals surface area contributed by atoms with Gasteiger partial charge in [-0.3, -0.25) is 9.59 Å². The Labute approximate surface area is 120 Å². The van der Waals surface area contributed by atoms with Crippen molar-refractivity contribution in [3.8, 4) is 5.75 Å². The summed E-state index contributed by atoms with van der Waals surface area (Å²) in [5, 5.41) is 2.94. The summed E-state index contributed by atoms with van der Waals surface area (Å²) in [6.45, 7) is 7.24. The molecule has 0 aliphatic heterocycles. The molecule has 0 radical (unpaired) electrons. The van der Waals surface area contributed by atoms with E-state index >= 15 is 0 Å². The van der Waals surface area contributed by atoms with Crippen LogP contribution in [0.1, 0.15) is 50.9 Å². The van der Waals surface area contributed by atoms with Crippen molar-refractivity contribution in [1.29, 1.82) is 0 Å². The zero-order chi connectivity index (χ0) is 15.1. The number of carbonyl (C=O) groups is 2. The van der Waals surface area contributed by atoms with Gasteiger partial charge in [-0.05, 0) is 38.8 Å². The van der Waals surface area contributed by atoms with Gasteiger partial charge < -0.3 is 10.1 Å². The van der Waals surface area contributed by atoms with Gasteiger partial charge in [0.05, 0.1) is 5.56 Å². The molecule has 0 saturated carbocycles. The molecule has 1 aromatic rings. The first-order chi connectivity index (χ1) is 9.49. The summed E-state index contributed by atoms with van der Waals surface area (Å²) in [6.07, 6.45) is 1.15. The van der Waals surface area contributed by atoms with Gasteiger partial charge in [-0.25, -0.2) is 0 Å². The number of benzene rings is 1. The van der Waals surface area contributed by atoms with E-state index in [1.807, 2.05) is 13.8 Å². The fourth-order valence-electron chi connectivity index (χ4n) is 1.92. The number of hydrogen-bond donors (Lipinski definition) is 1. The Bertz CT molecular complexity index is 467. The van der Waals surface area contributed by atoms with Crippen LogP contribution in [-0.2, 0) is 4.79 Å². The smallest absolute Gasteiger partial charge is 0.260 e. The van der Waals surface area contributed by atoms with Gasteiger partial charge in [-0.2, -0.15) is 0 Å². The molecule has 1 N–H and O–H groups in total. The Morgan fingerprint density at radius 3 is 2.35 bits per heavy atom. The van der Waals surface area contributed by atoms with E-state index in [0.717, 1.165) is 12.8 Å². The minimum Gasteiger partial charge on any atom is -0.480 e. The SMILES string of the molecule is CCC(CC)NC(=O)C(C)Oc1ccccc1C(C)=O. The summed E-state index contributed by atoms with van der Waals surface area (Å²) in [4.78, 5) is 23.5. The highest BCUT2D eigenvalue weighted by Gasteiger charge is 2.19. The zero-order valence-corrected chi connectivity index (χ0v) is 12.6. The summed E-state index contributed by atoms with van der Waals surface area (Å²) in [6, 6.07) is 7.13. The maximum atomic E-state index is 12.0. The van der Waals surface area contributed by atoms with Crippen LogP contribution >= 0.6 is 0 Å². The highest BCUT2D eigenvalue weighted by atomic mass is 16.5. The van der Waals surface area contributed by atoms with Crippen molar-refractivity contribution in [1.82, 2.24) is 5.32 Å². The number of hydrogen-bond acceptors (Lipinski definition) is 3. The summed E-state index contributed by atoms with van der Waals surface area (Å²) in [5.74, 6) is 0.220. The lowest BCUT2D eigenvalue weighted by atomic mass is 10.1. The second kappa shape index (κ2) is 7.68. The molecule has 0 aromatic heterocycles. The van der Waals surface area contributed by atoms with E-state index in [4.69, 9.17) is 4.74 Å². The van der Waals surface area contributed by atoms with Gasteiger partial charge in [-0.1, -0.05) is 26.0 Å². The second-order valence-electron chi connectivity index (χ2n) is 4.83. The van der Waals surface area contributed by atoms with E-state index in [0.29, 0.717) is 11.3 Å². The zero-order valence-electron chi connectivity index (χ0n) is 12.6. The topological polar surface area (TPSA) is 55.4 Å². The Hall–Kier alpha value is -1.84. The summed E-state index contributed by atoms with van der Waals surface area (Å²) < 4.78 is 5.63. The van der Waals surface area contributed by atoms with Crippen LogP contribution in [0.5, 0.6) is 5.75 Å². The minimum absolute atomic E-state index is 0.0757. The average molecular weight is 277 g/mol. The predicted octanol–water partition coefficient (Wildman–Crippen LogP) is 2.96. The molecule has 110 valence electrons. The van der Waals surface area contributed by atoms with Gasteiger partial charge in [0.2, 0.25) is 0 Å². The van der Waals surface area contributed by atoms with Gasteiger partial charge in [0.1, 0.15) is 5.75 Å². The van der Waals surface area contributed by atoms with Crippen molar-refractivity contribution in [2.24, 2.45) is 0 Å². The molecule has 1 rings (SSSR count). The van der Waals surface area contributed by atoms with Gasteiger partial charge >= 0.3 is 0 Å². The van der Waals surface area contributed by atoms with E-state index in [1.165, 1.54) is 6.92 Å². The molecule has 0 aliphatic rings. The van der Waals surface area contributed by atoms with E-state index in [9.17, 15) is 9.59 Å². The Morgan fingerprint density at radius 2 is 1.80 bits per heavy atom. The lowest BCUT2D eigenvalue weighted by Crippen LogP contribution is -2.42. The number of amides is 1. The molecule has 0 spiro atoms. The summed E-state index contributed by atoms with van der Waals surface area (Å²) >= 11 is 0.